The van der Waals surface area contributed by atoms with Crippen molar-refractivity contribution >= 4 is 17.6 Å². The lowest BCUT2D eigenvalue weighted by Gasteiger charge is -2.11. The minimum absolute atomic E-state index is 0.115. The molecule has 1 saturated heterocycles. The van der Waals surface area contributed by atoms with Gasteiger partial charge in [0.25, 0.3) is 5.91 Å². The molecule has 2 aromatic rings. The van der Waals surface area contributed by atoms with Crippen LogP contribution in [-0.2, 0) is 24.1 Å². The second-order valence-corrected chi connectivity index (χ2v) is 7.21. The molecule has 2 heterocycles. The molecule has 1 unspecified atom stereocenters. The number of amides is 3. The third-order valence-electron chi connectivity index (χ3n) is 5.23. The molecule has 8 nitrogen and oxygen atoms in total. The van der Waals surface area contributed by atoms with Gasteiger partial charge in [0.1, 0.15) is 0 Å². The highest BCUT2D eigenvalue weighted by Crippen LogP contribution is 2.22. The predicted molar refractivity (Wildman–Crippen MR) is 104 cm³/mol. The number of aryl methyl sites for hydroxylation is 1. The van der Waals surface area contributed by atoms with E-state index in [-0.39, 0.29) is 18.0 Å². The van der Waals surface area contributed by atoms with Gasteiger partial charge in [-0.1, -0.05) is 0 Å². The smallest absolute Gasteiger partial charge is 0.319 e. The molecule has 2 aliphatic rings. The lowest BCUT2D eigenvalue weighted by atomic mass is 10.2. The largest absolute Gasteiger partial charge is 0.376 e. The molecule has 0 saturated carbocycles. The van der Waals surface area contributed by atoms with Crippen LogP contribution in [0.2, 0.25) is 0 Å². The van der Waals surface area contributed by atoms with Gasteiger partial charge < -0.3 is 20.7 Å². The summed E-state index contributed by atoms with van der Waals surface area (Å²) in [6.07, 6.45) is 5.33. The Hall–Kier alpha value is -2.87. The lowest BCUT2D eigenvalue weighted by Crippen LogP contribution is -2.31. The van der Waals surface area contributed by atoms with Crippen molar-refractivity contribution < 1.29 is 14.3 Å². The van der Waals surface area contributed by atoms with E-state index in [1.807, 2.05) is 0 Å². The Bertz CT molecular complexity index is 840. The highest BCUT2D eigenvalue weighted by Gasteiger charge is 2.19. The number of fused-ring (bicyclic) bond motifs is 1. The zero-order valence-electron chi connectivity index (χ0n) is 15.7. The van der Waals surface area contributed by atoms with Crippen molar-refractivity contribution in [1.29, 1.82) is 0 Å². The Labute approximate surface area is 163 Å². The number of urea groups is 1. The molecule has 0 spiro atoms. The molecule has 1 fully saturated rings. The van der Waals surface area contributed by atoms with E-state index >= 15 is 0 Å². The van der Waals surface area contributed by atoms with E-state index in [4.69, 9.17) is 4.74 Å². The number of nitrogens with zero attached hydrogens (tertiary/aromatic N) is 1. The first-order valence-electron chi connectivity index (χ1n) is 9.79. The summed E-state index contributed by atoms with van der Waals surface area (Å²) in [5, 5.41) is 15.8. The molecular formula is C20H25N5O3. The molecule has 148 valence electrons. The molecule has 3 amide bonds. The van der Waals surface area contributed by atoms with Crippen molar-refractivity contribution in [1.82, 2.24) is 20.8 Å². The van der Waals surface area contributed by atoms with Crippen molar-refractivity contribution in [2.75, 3.05) is 18.5 Å². The van der Waals surface area contributed by atoms with Crippen LogP contribution in [0.15, 0.2) is 24.3 Å². The van der Waals surface area contributed by atoms with Crippen LogP contribution in [0.1, 0.15) is 46.6 Å². The molecule has 1 aliphatic heterocycles. The summed E-state index contributed by atoms with van der Waals surface area (Å²) in [5.41, 5.74) is 4.50. The third kappa shape index (κ3) is 4.33. The zero-order valence-corrected chi connectivity index (χ0v) is 15.7. The number of carbonyl (C=O) groups excluding carboxylic acids is 2. The van der Waals surface area contributed by atoms with E-state index in [2.05, 4.69) is 26.1 Å². The third-order valence-corrected chi connectivity index (χ3v) is 5.23. The van der Waals surface area contributed by atoms with Gasteiger partial charge in [-0.2, -0.15) is 5.10 Å². The number of H-pyrrole nitrogens is 1. The maximum absolute atomic E-state index is 12.2. The maximum atomic E-state index is 12.2. The van der Waals surface area contributed by atoms with Gasteiger partial charge in [-0.25, -0.2) is 4.79 Å². The summed E-state index contributed by atoms with van der Waals surface area (Å²) in [4.78, 5) is 24.3. The normalized spacial score (nSPS) is 17.9. The zero-order chi connectivity index (χ0) is 19.3. The predicted octanol–water partition coefficient (Wildman–Crippen LogP) is 2.13. The molecule has 1 aromatic heterocycles. The van der Waals surface area contributed by atoms with Crippen LogP contribution in [-0.4, -0.2) is 41.4 Å². The number of rotatable bonds is 6. The van der Waals surface area contributed by atoms with Crippen LogP contribution in [0, 0.1) is 0 Å². The van der Waals surface area contributed by atoms with E-state index in [0.717, 1.165) is 44.4 Å². The molecule has 8 heteroatoms. The summed E-state index contributed by atoms with van der Waals surface area (Å²) in [6, 6.07) is 6.52. The summed E-state index contributed by atoms with van der Waals surface area (Å²) >= 11 is 0. The fourth-order valence-electron chi connectivity index (χ4n) is 3.69. The van der Waals surface area contributed by atoms with E-state index in [1.165, 1.54) is 11.3 Å². The number of carbonyl (C=O) groups is 2. The van der Waals surface area contributed by atoms with Gasteiger partial charge in [-0.3, -0.25) is 9.89 Å². The summed E-state index contributed by atoms with van der Waals surface area (Å²) in [6.45, 7) is 1.69. The number of ether oxygens (including phenoxy) is 1. The summed E-state index contributed by atoms with van der Waals surface area (Å²) in [5.74, 6) is -0.140. The fraction of sp³-hybridized carbons (Fsp3) is 0.450. The first-order chi connectivity index (χ1) is 13.7. The number of nitrogens with one attached hydrogen (secondary N) is 4. The second-order valence-electron chi connectivity index (χ2n) is 7.21. The average molecular weight is 383 g/mol. The van der Waals surface area contributed by atoms with E-state index < -0.39 is 0 Å². The quantitative estimate of drug-likeness (QED) is 0.613. The standard InChI is InChI=1S/C20H25N5O3/c26-19(21-11-15-3-2-10-28-15)13-6-8-14(9-7-13)23-20(27)22-12-18-16-4-1-5-17(16)24-25-18/h6-9,15H,1-5,10-12H2,(H,21,26)(H,24,25)(H2,22,23,27). The number of benzene rings is 1. The topological polar surface area (TPSA) is 108 Å². The first-order valence-corrected chi connectivity index (χ1v) is 9.79. The Morgan fingerprint density at radius 3 is 2.79 bits per heavy atom. The maximum Gasteiger partial charge on any atom is 0.319 e. The van der Waals surface area contributed by atoms with Gasteiger partial charge >= 0.3 is 6.03 Å². The Kier molecular flexibility index (Phi) is 5.57. The van der Waals surface area contributed by atoms with E-state index in [9.17, 15) is 9.59 Å². The van der Waals surface area contributed by atoms with Gasteiger partial charge in [-0.05, 0) is 61.9 Å². The van der Waals surface area contributed by atoms with E-state index in [1.54, 1.807) is 24.3 Å². The Balaban J connectivity index is 1.24. The van der Waals surface area contributed by atoms with E-state index in [0.29, 0.717) is 24.3 Å². The number of aromatic nitrogens is 2. The van der Waals surface area contributed by atoms with Crippen LogP contribution in [0.3, 0.4) is 0 Å². The van der Waals surface area contributed by atoms with Gasteiger partial charge in [0, 0.05) is 30.1 Å². The Morgan fingerprint density at radius 2 is 2.00 bits per heavy atom. The summed E-state index contributed by atoms with van der Waals surface area (Å²) < 4.78 is 5.50. The van der Waals surface area contributed by atoms with Crippen molar-refractivity contribution in [3.05, 3.63) is 46.8 Å². The molecule has 1 aromatic carbocycles. The van der Waals surface area contributed by atoms with Crippen molar-refractivity contribution in [2.24, 2.45) is 0 Å². The van der Waals surface area contributed by atoms with Gasteiger partial charge in [-0.15, -0.1) is 0 Å². The average Bonchev–Trinajstić information content (AvgIpc) is 3.44. The number of anilines is 1. The Morgan fingerprint density at radius 1 is 1.14 bits per heavy atom. The van der Waals surface area contributed by atoms with Crippen LogP contribution in [0.4, 0.5) is 10.5 Å². The van der Waals surface area contributed by atoms with Crippen LogP contribution in [0.5, 0.6) is 0 Å². The van der Waals surface area contributed by atoms with Crippen molar-refractivity contribution in [2.45, 2.75) is 44.8 Å². The molecule has 1 atom stereocenters. The van der Waals surface area contributed by atoms with Crippen LogP contribution < -0.4 is 16.0 Å². The highest BCUT2D eigenvalue weighted by atomic mass is 16.5. The molecule has 4 N–H and O–H groups in total. The first kappa shape index (κ1) is 18.5. The number of hydrogen-bond donors (Lipinski definition) is 4. The highest BCUT2D eigenvalue weighted by molar-refractivity contribution is 5.95. The monoisotopic (exact) mass is 383 g/mol. The lowest BCUT2D eigenvalue weighted by molar-refractivity contribution is 0.0858. The van der Waals surface area contributed by atoms with Crippen LogP contribution in [0.25, 0.3) is 0 Å². The number of aromatic amines is 1. The fourth-order valence-corrected chi connectivity index (χ4v) is 3.69. The molecular weight excluding hydrogens is 358 g/mol. The number of hydrogen-bond acceptors (Lipinski definition) is 4. The minimum Gasteiger partial charge on any atom is -0.376 e. The molecule has 0 bridgehead atoms. The molecule has 0 radical (unpaired) electrons. The minimum atomic E-state index is -0.301. The van der Waals surface area contributed by atoms with Crippen molar-refractivity contribution in [3.8, 4) is 0 Å². The second kappa shape index (κ2) is 8.43. The van der Waals surface area contributed by atoms with Crippen LogP contribution >= 0.6 is 0 Å². The summed E-state index contributed by atoms with van der Waals surface area (Å²) in [7, 11) is 0. The molecule has 28 heavy (non-hydrogen) atoms. The van der Waals surface area contributed by atoms with Gasteiger partial charge in [0.2, 0.25) is 0 Å². The molecule has 4 rings (SSSR count). The van der Waals surface area contributed by atoms with Gasteiger partial charge in [0.05, 0.1) is 18.3 Å². The SMILES string of the molecule is O=C(NCc1n[nH]c2c1CCC2)Nc1ccc(C(=O)NCC2CCCO2)cc1. The van der Waals surface area contributed by atoms with Crippen molar-refractivity contribution in [3.63, 3.8) is 0 Å². The van der Waals surface area contributed by atoms with Gasteiger partial charge in [0.15, 0.2) is 0 Å². The molecule has 1 aliphatic carbocycles.